The monoisotopic (exact) mass is 197 g/mol. The van der Waals surface area contributed by atoms with Gasteiger partial charge in [0.15, 0.2) is 13.1 Å². The Kier molecular flexibility index (Phi) is 4.56. The van der Waals surface area contributed by atoms with Crippen LogP contribution in [0.3, 0.4) is 0 Å². The molecule has 0 fully saturated rings. The SMILES string of the molecule is CN(C)C[C+](CN(C)C)C(F)(F)F. The summed E-state index contributed by atoms with van der Waals surface area (Å²) in [7, 11) is 6.51. The molecule has 0 aromatic rings. The normalized spacial score (nSPS) is 12.7. The van der Waals surface area contributed by atoms with Gasteiger partial charge < -0.3 is 0 Å². The number of nitrogens with zero attached hydrogens (tertiary/aromatic N) is 2. The van der Waals surface area contributed by atoms with Crippen molar-refractivity contribution in [1.82, 2.24) is 9.80 Å². The van der Waals surface area contributed by atoms with Crippen LogP contribution in [0.4, 0.5) is 13.2 Å². The molecule has 2 nitrogen and oxygen atoms in total. The van der Waals surface area contributed by atoms with Gasteiger partial charge in [-0.15, -0.1) is 13.2 Å². The van der Waals surface area contributed by atoms with Crippen LogP contribution in [0.15, 0.2) is 0 Å². The molecule has 78 valence electrons. The van der Waals surface area contributed by atoms with Gasteiger partial charge in [0.05, 0.1) is 0 Å². The van der Waals surface area contributed by atoms with E-state index in [0.717, 1.165) is 0 Å². The Bertz CT molecular complexity index is 133. The second-order valence-corrected chi connectivity index (χ2v) is 3.58. The molecule has 13 heavy (non-hydrogen) atoms. The van der Waals surface area contributed by atoms with Crippen LogP contribution in [0, 0.1) is 5.92 Å². The van der Waals surface area contributed by atoms with E-state index in [9.17, 15) is 13.2 Å². The van der Waals surface area contributed by atoms with E-state index in [4.69, 9.17) is 0 Å². The molecule has 0 saturated carbocycles. The van der Waals surface area contributed by atoms with Crippen molar-refractivity contribution in [2.24, 2.45) is 0 Å². The predicted molar refractivity (Wildman–Crippen MR) is 46.4 cm³/mol. The van der Waals surface area contributed by atoms with E-state index in [-0.39, 0.29) is 13.1 Å². The minimum Gasteiger partial charge on any atom is -0.271 e. The van der Waals surface area contributed by atoms with Crippen LogP contribution < -0.4 is 0 Å². The molecule has 0 aliphatic rings. The van der Waals surface area contributed by atoms with Gasteiger partial charge in [0.25, 0.3) is 0 Å². The summed E-state index contributed by atoms with van der Waals surface area (Å²) in [6.45, 7) is -0.0800. The topological polar surface area (TPSA) is 6.48 Å². The van der Waals surface area contributed by atoms with Gasteiger partial charge in [-0.2, -0.15) is 0 Å². The van der Waals surface area contributed by atoms with Gasteiger partial charge in [0, 0.05) is 0 Å². The van der Waals surface area contributed by atoms with Crippen LogP contribution in [-0.2, 0) is 0 Å². The average molecular weight is 197 g/mol. The molecule has 0 amide bonds. The molecule has 0 N–H and O–H groups in total. The van der Waals surface area contributed by atoms with Gasteiger partial charge in [-0.25, -0.2) is 0 Å². The van der Waals surface area contributed by atoms with Gasteiger partial charge in [-0.05, 0) is 28.2 Å². The maximum atomic E-state index is 12.4. The zero-order chi connectivity index (χ0) is 10.6. The Hall–Kier alpha value is -0.420. The predicted octanol–water partition coefficient (Wildman–Crippen LogP) is 1.25. The van der Waals surface area contributed by atoms with Gasteiger partial charge in [0.2, 0.25) is 5.92 Å². The summed E-state index contributed by atoms with van der Waals surface area (Å²) >= 11 is 0. The summed E-state index contributed by atoms with van der Waals surface area (Å²) in [6.07, 6.45) is -4.19. The second-order valence-electron chi connectivity index (χ2n) is 3.58. The molecule has 5 heteroatoms. The number of rotatable bonds is 4. The van der Waals surface area contributed by atoms with Crippen molar-refractivity contribution in [3.8, 4) is 0 Å². The van der Waals surface area contributed by atoms with Gasteiger partial charge in [0.1, 0.15) is 0 Å². The highest BCUT2D eigenvalue weighted by molar-refractivity contribution is 5.01. The van der Waals surface area contributed by atoms with Crippen molar-refractivity contribution in [3.05, 3.63) is 5.92 Å². The van der Waals surface area contributed by atoms with Crippen molar-refractivity contribution in [2.75, 3.05) is 41.3 Å². The molecule has 0 saturated heterocycles. The summed E-state index contributed by atoms with van der Waals surface area (Å²) < 4.78 is 37.1. The van der Waals surface area contributed by atoms with Crippen molar-refractivity contribution in [3.63, 3.8) is 0 Å². The highest BCUT2D eigenvalue weighted by Gasteiger charge is 2.52. The first-order chi connectivity index (χ1) is 5.73. The molecule has 0 aromatic heterocycles. The molecule has 0 heterocycles. The number of hydrogen-bond acceptors (Lipinski definition) is 2. The minimum atomic E-state index is -4.19. The third-order valence-electron chi connectivity index (χ3n) is 1.42. The zero-order valence-corrected chi connectivity index (χ0v) is 8.44. The van der Waals surface area contributed by atoms with Crippen molar-refractivity contribution in [2.45, 2.75) is 6.18 Å². The van der Waals surface area contributed by atoms with Crippen molar-refractivity contribution >= 4 is 0 Å². The maximum Gasteiger partial charge on any atom is 0.554 e. The van der Waals surface area contributed by atoms with Crippen LogP contribution in [0.1, 0.15) is 0 Å². The molecular weight excluding hydrogens is 181 g/mol. The lowest BCUT2D eigenvalue weighted by molar-refractivity contribution is -0.121. The van der Waals surface area contributed by atoms with Crippen LogP contribution in [0.5, 0.6) is 0 Å². The zero-order valence-electron chi connectivity index (χ0n) is 8.44. The number of alkyl halides is 3. The van der Waals surface area contributed by atoms with E-state index >= 15 is 0 Å². The molecule has 0 rings (SSSR count). The van der Waals surface area contributed by atoms with Crippen LogP contribution >= 0.6 is 0 Å². The second kappa shape index (κ2) is 4.72. The molecule has 0 aliphatic carbocycles. The third kappa shape index (κ3) is 5.76. The first kappa shape index (κ1) is 12.6. The quantitative estimate of drug-likeness (QED) is 0.626. The van der Waals surface area contributed by atoms with E-state index in [1.54, 1.807) is 28.2 Å². The summed E-state index contributed by atoms with van der Waals surface area (Å²) in [6, 6.07) is 0. The Morgan fingerprint density at radius 3 is 1.38 bits per heavy atom. The fraction of sp³-hybridized carbons (Fsp3) is 0.875. The highest BCUT2D eigenvalue weighted by Crippen LogP contribution is 2.28. The standard InChI is InChI=1S/C8H16F3N2/c1-12(2)5-7(6-13(3)4)8(9,10)11/h5-6H2,1-4H3/q+1. The summed E-state index contributed by atoms with van der Waals surface area (Å²) in [5.41, 5.74) is 0. The molecule has 0 aromatic carbocycles. The fourth-order valence-corrected chi connectivity index (χ4v) is 0.993. The third-order valence-corrected chi connectivity index (χ3v) is 1.42. The van der Waals surface area contributed by atoms with E-state index < -0.39 is 12.1 Å². The molecule has 0 bridgehead atoms. The Labute approximate surface area is 77.3 Å². The van der Waals surface area contributed by atoms with Crippen molar-refractivity contribution < 1.29 is 13.2 Å². The van der Waals surface area contributed by atoms with Crippen molar-refractivity contribution in [1.29, 1.82) is 0 Å². The van der Waals surface area contributed by atoms with E-state index in [2.05, 4.69) is 0 Å². The van der Waals surface area contributed by atoms with Crippen LogP contribution in [0.25, 0.3) is 0 Å². The van der Waals surface area contributed by atoms with Gasteiger partial charge in [-0.3, -0.25) is 9.80 Å². The summed E-state index contributed by atoms with van der Waals surface area (Å²) in [4.78, 5) is 3.04. The summed E-state index contributed by atoms with van der Waals surface area (Å²) in [5, 5.41) is 0. The number of halogens is 3. The highest BCUT2D eigenvalue weighted by atomic mass is 19.4. The lowest BCUT2D eigenvalue weighted by Gasteiger charge is -2.16. The van der Waals surface area contributed by atoms with E-state index in [1.165, 1.54) is 9.80 Å². The minimum absolute atomic E-state index is 0.0400. The van der Waals surface area contributed by atoms with Crippen LogP contribution in [0.2, 0.25) is 0 Å². The largest absolute Gasteiger partial charge is 0.554 e. The Morgan fingerprint density at radius 1 is 0.923 bits per heavy atom. The van der Waals surface area contributed by atoms with E-state index in [0.29, 0.717) is 0 Å². The Balaban J connectivity index is 4.20. The summed E-state index contributed by atoms with van der Waals surface area (Å²) in [5.74, 6) is -0.414. The molecular formula is C8H16F3N2+. The average Bonchev–Trinajstić information content (AvgIpc) is 1.81. The fourth-order valence-electron chi connectivity index (χ4n) is 0.993. The van der Waals surface area contributed by atoms with Crippen LogP contribution in [-0.4, -0.2) is 57.3 Å². The molecule has 0 spiro atoms. The molecule has 0 atom stereocenters. The Morgan fingerprint density at radius 2 is 1.23 bits per heavy atom. The lowest BCUT2D eigenvalue weighted by atomic mass is 10.1. The molecule has 0 unspecified atom stereocenters. The molecule has 0 radical (unpaired) electrons. The number of hydrogen-bond donors (Lipinski definition) is 0. The van der Waals surface area contributed by atoms with E-state index in [1.807, 2.05) is 0 Å². The molecule has 0 aliphatic heterocycles. The van der Waals surface area contributed by atoms with Gasteiger partial charge in [-0.1, -0.05) is 0 Å². The first-order valence-corrected chi connectivity index (χ1v) is 3.95. The maximum absolute atomic E-state index is 12.4. The van der Waals surface area contributed by atoms with Gasteiger partial charge >= 0.3 is 6.18 Å². The first-order valence-electron chi connectivity index (χ1n) is 3.95. The lowest BCUT2D eigenvalue weighted by Crippen LogP contribution is -2.37. The smallest absolute Gasteiger partial charge is 0.271 e.